The Kier molecular flexibility index (Phi) is 3.65. The van der Waals surface area contributed by atoms with Crippen molar-refractivity contribution in [2.75, 3.05) is 31.1 Å². The van der Waals surface area contributed by atoms with E-state index in [1.54, 1.807) is 0 Å². The average molecular weight is 255 g/mol. The van der Waals surface area contributed by atoms with Gasteiger partial charge in [0.25, 0.3) is 0 Å². The van der Waals surface area contributed by atoms with Crippen LogP contribution in [0.2, 0.25) is 0 Å². The normalized spacial score (nSPS) is 21.1. The van der Waals surface area contributed by atoms with Gasteiger partial charge in [0.1, 0.15) is 0 Å². The molecule has 0 amide bonds. The highest BCUT2D eigenvalue weighted by Gasteiger charge is 2.14. The molecule has 0 radical (unpaired) electrons. The fraction of sp³-hybridized carbons (Fsp3) is 0.438. The number of hydrogen-bond donors (Lipinski definition) is 1. The summed E-state index contributed by atoms with van der Waals surface area (Å²) in [6, 6.07) is 10.6. The minimum Gasteiger partial charge on any atom is -0.370 e. The van der Waals surface area contributed by atoms with Crippen molar-refractivity contribution in [3.05, 3.63) is 36.5 Å². The lowest BCUT2D eigenvalue weighted by molar-refractivity contribution is 0.468. The predicted octanol–water partition coefficient (Wildman–Crippen LogP) is 2.67. The van der Waals surface area contributed by atoms with Gasteiger partial charge < -0.3 is 10.2 Å². The molecule has 1 aliphatic rings. The summed E-state index contributed by atoms with van der Waals surface area (Å²) in [6.45, 7) is 6.74. The first-order valence-corrected chi connectivity index (χ1v) is 7.13. The molecule has 1 atom stereocenters. The van der Waals surface area contributed by atoms with Gasteiger partial charge in [0.15, 0.2) is 0 Å². The third kappa shape index (κ3) is 2.87. The zero-order valence-electron chi connectivity index (χ0n) is 11.5. The summed E-state index contributed by atoms with van der Waals surface area (Å²) >= 11 is 0. The van der Waals surface area contributed by atoms with Gasteiger partial charge in [0.05, 0.1) is 17.4 Å². The highest BCUT2D eigenvalue weighted by molar-refractivity contribution is 5.81. The first-order chi connectivity index (χ1) is 9.33. The summed E-state index contributed by atoms with van der Waals surface area (Å²) in [5.41, 5.74) is 2.33. The first kappa shape index (κ1) is 12.4. The van der Waals surface area contributed by atoms with E-state index in [4.69, 9.17) is 0 Å². The van der Waals surface area contributed by atoms with Crippen molar-refractivity contribution in [3.63, 3.8) is 0 Å². The minimum atomic E-state index is 0.673. The van der Waals surface area contributed by atoms with Crippen LogP contribution in [0.4, 0.5) is 5.69 Å². The van der Waals surface area contributed by atoms with Crippen molar-refractivity contribution in [1.29, 1.82) is 0 Å². The molecule has 2 aromatic rings. The van der Waals surface area contributed by atoms with Crippen molar-refractivity contribution in [1.82, 2.24) is 10.3 Å². The largest absolute Gasteiger partial charge is 0.370 e. The maximum absolute atomic E-state index is 4.58. The van der Waals surface area contributed by atoms with Crippen LogP contribution in [0.1, 0.15) is 13.3 Å². The van der Waals surface area contributed by atoms with Gasteiger partial charge in [0.2, 0.25) is 0 Å². The number of anilines is 1. The summed E-state index contributed by atoms with van der Waals surface area (Å²) < 4.78 is 0. The second-order valence-electron chi connectivity index (χ2n) is 5.50. The van der Waals surface area contributed by atoms with Gasteiger partial charge in [-0.3, -0.25) is 4.98 Å². The number of pyridine rings is 1. The average Bonchev–Trinajstić information content (AvgIpc) is 2.42. The van der Waals surface area contributed by atoms with Crippen LogP contribution >= 0.6 is 0 Å². The van der Waals surface area contributed by atoms with Crippen LogP contribution in [0.5, 0.6) is 0 Å². The lowest BCUT2D eigenvalue weighted by atomic mass is 10.1. The maximum atomic E-state index is 4.58. The highest BCUT2D eigenvalue weighted by Crippen LogP contribution is 2.21. The summed E-state index contributed by atoms with van der Waals surface area (Å²) in [6.07, 6.45) is 3.21. The van der Waals surface area contributed by atoms with Crippen LogP contribution in [0, 0.1) is 5.92 Å². The van der Waals surface area contributed by atoms with E-state index in [-0.39, 0.29) is 0 Å². The van der Waals surface area contributed by atoms with E-state index >= 15 is 0 Å². The van der Waals surface area contributed by atoms with Crippen LogP contribution in [0.15, 0.2) is 36.5 Å². The topological polar surface area (TPSA) is 28.2 Å². The van der Waals surface area contributed by atoms with Gasteiger partial charge in [0, 0.05) is 18.5 Å². The molecule has 1 aromatic heterocycles. The number of rotatable bonds is 1. The number of para-hydroxylation sites is 1. The first-order valence-electron chi connectivity index (χ1n) is 7.13. The van der Waals surface area contributed by atoms with Crippen LogP contribution in [-0.2, 0) is 0 Å². The molecule has 0 spiro atoms. The molecular formula is C16H21N3. The molecule has 2 heterocycles. The van der Waals surface area contributed by atoms with Crippen LogP contribution in [0.25, 0.3) is 10.9 Å². The van der Waals surface area contributed by atoms with E-state index in [9.17, 15) is 0 Å². The standard InChI is InChI=1S/C16H21N3/c1-13-10-17-7-4-8-19(12-13)15-9-14-5-2-3-6-16(14)18-11-15/h2-3,5-6,9,11,13,17H,4,7-8,10,12H2,1H3. The molecular weight excluding hydrogens is 234 g/mol. The molecule has 1 fully saturated rings. The van der Waals surface area contributed by atoms with E-state index in [0.29, 0.717) is 5.92 Å². The molecule has 100 valence electrons. The quantitative estimate of drug-likeness (QED) is 0.849. The molecule has 0 bridgehead atoms. The Morgan fingerprint density at radius 2 is 2.21 bits per heavy atom. The number of aromatic nitrogens is 1. The van der Waals surface area contributed by atoms with Gasteiger partial charge in [-0.2, -0.15) is 0 Å². The zero-order chi connectivity index (χ0) is 13.1. The van der Waals surface area contributed by atoms with Crippen LogP contribution < -0.4 is 10.2 Å². The van der Waals surface area contributed by atoms with Crippen LogP contribution in [-0.4, -0.2) is 31.2 Å². The number of hydrogen-bond acceptors (Lipinski definition) is 3. The molecule has 3 heteroatoms. The van der Waals surface area contributed by atoms with Crippen molar-refractivity contribution in [2.45, 2.75) is 13.3 Å². The SMILES string of the molecule is CC1CNCCCN(c2cnc3ccccc3c2)C1. The predicted molar refractivity (Wildman–Crippen MR) is 80.6 cm³/mol. The van der Waals surface area contributed by atoms with Crippen LogP contribution in [0.3, 0.4) is 0 Å². The second kappa shape index (κ2) is 5.57. The Labute approximate surface area is 114 Å². The maximum Gasteiger partial charge on any atom is 0.0703 e. The monoisotopic (exact) mass is 255 g/mol. The number of fused-ring (bicyclic) bond motifs is 1. The smallest absolute Gasteiger partial charge is 0.0703 e. The Hall–Kier alpha value is -1.61. The molecule has 1 saturated heterocycles. The Morgan fingerprint density at radius 3 is 3.16 bits per heavy atom. The molecule has 0 aliphatic carbocycles. The molecule has 1 N–H and O–H groups in total. The fourth-order valence-corrected chi connectivity index (χ4v) is 2.74. The molecule has 0 saturated carbocycles. The number of benzene rings is 1. The summed E-state index contributed by atoms with van der Waals surface area (Å²) in [5, 5.41) is 4.73. The lowest BCUT2D eigenvalue weighted by Crippen LogP contribution is -2.38. The summed E-state index contributed by atoms with van der Waals surface area (Å²) in [4.78, 5) is 7.06. The van der Waals surface area contributed by atoms with Gasteiger partial charge in [-0.05, 0) is 37.6 Å². The highest BCUT2D eigenvalue weighted by atomic mass is 15.1. The number of nitrogens with one attached hydrogen (secondary N) is 1. The Bertz CT molecular complexity index is 552. The van der Waals surface area contributed by atoms with Gasteiger partial charge in [-0.15, -0.1) is 0 Å². The summed E-state index contributed by atoms with van der Waals surface area (Å²) in [5.74, 6) is 0.673. The summed E-state index contributed by atoms with van der Waals surface area (Å²) in [7, 11) is 0. The third-order valence-electron chi connectivity index (χ3n) is 3.75. The molecule has 3 nitrogen and oxygen atoms in total. The number of nitrogens with zero attached hydrogens (tertiary/aromatic N) is 2. The van der Waals surface area contributed by atoms with Gasteiger partial charge in [-0.25, -0.2) is 0 Å². The van der Waals surface area contributed by atoms with E-state index in [0.717, 1.165) is 31.7 Å². The Balaban J connectivity index is 1.88. The molecule has 1 aromatic carbocycles. The lowest BCUT2D eigenvalue weighted by Gasteiger charge is -2.30. The fourth-order valence-electron chi connectivity index (χ4n) is 2.74. The van der Waals surface area contributed by atoms with Crippen molar-refractivity contribution in [3.8, 4) is 0 Å². The zero-order valence-corrected chi connectivity index (χ0v) is 11.5. The van der Waals surface area contributed by atoms with E-state index < -0.39 is 0 Å². The van der Waals surface area contributed by atoms with Crippen molar-refractivity contribution in [2.24, 2.45) is 5.92 Å². The molecule has 19 heavy (non-hydrogen) atoms. The molecule has 1 aliphatic heterocycles. The molecule has 3 rings (SSSR count). The Morgan fingerprint density at radius 1 is 1.32 bits per heavy atom. The third-order valence-corrected chi connectivity index (χ3v) is 3.75. The van der Waals surface area contributed by atoms with E-state index in [2.05, 4.69) is 46.4 Å². The van der Waals surface area contributed by atoms with Crippen molar-refractivity contribution >= 4 is 16.6 Å². The molecule has 1 unspecified atom stereocenters. The second-order valence-corrected chi connectivity index (χ2v) is 5.50. The van der Waals surface area contributed by atoms with Crippen molar-refractivity contribution < 1.29 is 0 Å². The van der Waals surface area contributed by atoms with Gasteiger partial charge >= 0.3 is 0 Å². The minimum absolute atomic E-state index is 0.673. The van der Waals surface area contributed by atoms with E-state index in [1.807, 2.05) is 12.3 Å². The van der Waals surface area contributed by atoms with E-state index in [1.165, 1.54) is 17.5 Å². The van der Waals surface area contributed by atoms with Gasteiger partial charge in [-0.1, -0.05) is 25.1 Å².